The minimum Gasteiger partial charge on any atom is -0.348 e. The lowest BCUT2D eigenvalue weighted by atomic mass is 10.1. The molecule has 2 aromatic rings. The molecule has 0 aliphatic carbocycles. The van der Waals surface area contributed by atoms with Crippen LogP contribution in [0, 0.1) is 25.5 Å². The van der Waals surface area contributed by atoms with Gasteiger partial charge in [-0.1, -0.05) is 0 Å². The lowest BCUT2D eigenvalue weighted by Gasteiger charge is -2.06. The Bertz CT molecular complexity index is 665. The number of rotatable bonds is 3. The van der Waals surface area contributed by atoms with Crippen molar-refractivity contribution in [1.82, 2.24) is 15.1 Å². The van der Waals surface area contributed by atoms with Gasteiger partial charge < -0.3 is 5.32 Å². The summed E-state index contributed by atoms with van der Waals surface area (Å²) in [7, 11) is 1.82. The Kier molecular flexibility index (Phi) is 3.83. The van der Waals surface area contributed by atoms with Gasteiger partial charge in [0.25, 0.3) is 5.91 Å². The molecular weight excluding hydrogens is 264 g/mol. The summed E-state index contributed by atoms with van der Waals surface area (Å²) in [5.41, 5.74) is 2.79. The van der Waals surface area contributed by atoms with Crippen molar-refractivity contribution in [3.63, 3.8) is 0 Å². The normalized spacial score (nSPS) is 10.7. The highest BCUT2D eigenvalue weighted by Crippen LogP contribution is 2.12. The number of nitrogens with one attached hydrogen (secondary N) is 1. The van der Waals surface area contributed by atoms with Crippen LogP contribution in [0.2, 0.25) is 0 Å². The van der Waals surface area contributed by atoms with E-state index in [1.54, 1.807) is 4.68 Å². The number of aromatic nitrogens is 2. The van der Waals surface area contributed by atoms with Crippen LogP contribution >= 0.6 is 0 Å². The summed E-state index contributed by atoms with van der Waals surface area (Å²) < 4.78 is 27.6. The van der Waals surface area contributed by atoms with Crippen LogP contribution in [0.25, 0.3) is 0 Å². The van der Waals surface area contributed by atoms with Gasteiger partial charge in [0.2, 0.25) is 0 Å². The molecule has 1 N–H and O–H groups in total. The summed E-state index contributed by atoms with van der Waals surface area (Å²) in [4.78, 5) is 11.9. The third-order valence-corrected chi connectivity index (χ3v) is 3.27. The molecule has 0 radical (unpaired) electrons. The maximum Gasteiger partial charge on any atom is 0.251 e. The van der Waals surface area contributed by atoms with E-state index in [4.69, 9.17) is 0 Å². The second kappa shape index (κ2) is 5.40. The second-order valence-corrected chi connectivity index (χ2v) is 4.58. The van der Waals surface area contributed by atoms with Gasteiger partial charge in [-0.25, -0.2) is 8.78 Å². The first kappa shape index (κ1) is 14.2. The highest BCUT2D eigenvalue weighted by atomic mass is 19.2. The summed E-state index contributed by atoms with van der Waals surface area (Å²) in [5, 5.41) is 6.92. The molecule has 0 atom stereocenters. The molecule has 6 heteroatoms. The average Bonchev–Trinajstić information content (AvgIpc) is 2.64. The number of carbonyl (C=O) groups is 1. The smallest absolute Gasteiger partial charge is 0.251 e. The predicted molar refractivity (Wildman–Crippen MR) is 70.2 cm³/mol. The van der Waals surface area contributed by atoms with Gasteiger partial charge in [-0.3, -0.25) is 9.48 Å². The third-order valence-electron chi connectivity index (χ3n) is 3.27. The van der Waals surface area contributed by atoms with Crippen molar-refractivity contribution in [1.29, 1.82) is 0 Å². The Balaban J connectivity index is 2.10. The lowest BCUT2D eigenvalue weighted by Crippen LogP contribution is -2.23. The summed E-state index contributed by atoms with van der Waals surface area (Å²) in [6.45, 7) is 4.05. The average molecular weight is 279 g/mol. The van der Waals surface area contributed by atoms with Gasteiger partial charge >= 0.3 is 0 Å². The minimum atomic E-state index is -1.04. The zero-order valence-corrected chi connectivity index (χ0v) is 11.5. The minimum absolute atomic E-state index is 0.0862. The molecule has 0 aliphatic heterocycles. The maximum absolute atomic E-state index is 13.1. The van der Waals surface area contributed by atoms with Crippen molar-refractivity contribution in [3.05, 3.63) is 52.3 Å². The second-order valence-electron chi connectivity index (χ2n) is 4.58. The van der Waals surface area contributed by atoms with Gasteiger partial charge in [0.05, 0.1) is 5.69 Å². The molecule has 20 heavy (non-hydrogen) atoms. The largest absolute Gasteiger partial charge is 0.348 e. The molecule has 106 valence electrons. The molecule has 0 fully saturated rings. The zero-order chi connectivity index (χ0) is 14.9. The number of amides is 1. The first-order valence-electron chi connectivity index (χ1n) is 6.12. The molecule has 0 aliphatic rings. The van der Waals surface area contributed by atoms with Gasteiger partial charge in [-0.05, 0) is 32.0 Å². The van der Waals surface area contributed by atoms with E-state index in [0.717, 1.165) is 29.1 Å². The van der Waals surface area contributed by atoms with Crippen molar-refractivity contribution in [2.75, 3.05) is 0 Å². The Labute approximate surface area is 115 Å². The standard InChI is InChI=1S/C14H15F2N3O/c1-8-11(9(2)19(3)18-8)7-17-14(20)10-4-5-12(15)13(16)6-10/h4-6H,7H2,1-3H3,(H,17,20). The monoisotopic (exact) mass is 279 g/mol. The molecule has 1 amide bonds. The molecular formula is C14H15F2N3O. The van der Waals surface area contributed by atoms with Crippen molar-refractivity contribution in [2.24, 2.45) is 7.05 Å². The molecule has 1 heterocycles. The zero-order valence-electron chi connectivity index (χ0n) is 11.5. The highest BCUT2D eigenvalue weighted by Gasteiger charge is 2.13. The van der Waals surface area contributed by atoms with Crippen molar-refractivity contribution >= 4 is 5.91 Å². The van der Waals surface area contributed by atoms with E-state index in [2.05, 4.69) is 10.4 Å². The molecule has 0 bridgehead atoms. The lowest BCUT2D eigenvalue weighted by molar-refractivity contribution is 0.0950. The predicted octanol–water partition coefficient (Wildman–Crippen LogP) is 2.25. The van der Waals surface area contributed by atoms with Crippen molar-refractivity contribution < 1.29 is 13.6 Å². The van der Waals surface area contributed by atoms with Gasteiger partial charge in [-0.2, -0.15) is 5.10 Å². The summed E-state index contributed by atoms with van der Waals surface area (Å²) in [6, 6.07) is 3.06. The fourth-order valence-corrected chi connectivity index (χ4v) is 1.98. The number of hydrogen-bond acceptors (Lipinski definition) is 2. The molecule has 0 saturated heterocycles. The molecule has 0 spiro atoms. The number of carbonyl (C=O) groups excluding carboxylic acids is 1. The van der Waals surface area contributed by atoms with E-state index in [1.807, 2.05) is 20.9 Å². The number of halogens is 2. The van der Waals surface area contributed by atoms with E-state index in [1.165, 1.54) is 6.07 Å². The van der Waals surface area contributed by atoms with Gasteiger partial charge in [-0.15, -0.1) is 0 Å². The molecule has 1 aromatic heterocycles. The van der Waals surface area contributed by atoms with E-state index < -0.39 is 17.5 Å². The fraction of sp³-hybridized carbons (Fsp3) is 0.286. The maximum atomic E-state index is 13.1. The molecule has 0 saturated carbocycles. The van der Waals surface area contributed by atoms with E-state index in [-0.39, 0.29) is 5.56 Å². The van der Waals surface area contributed by atoms with Crippen LogP contribution in [0.1, 0.15) is 27.3 Å². The summed E-state index contributed by atoms with van der Waals surface area (Å²) >= 11 is 0. The van der Waals surface area contributed by atoms with Crippen molar-refractivity contribution in [3.8, 4) is 0 Å². The van der Waals surface area contributed by atoms with E-state index >= 15 is 0 Å². The quantitative estimate of drug-likeness (QED) is 0.936. The van der Waals surface area contributed by atoms with Crippen LogP contribution < -0.4 is 5.32 Å². The Morgan fingerprint density at radius 2 is 2.00 bits per heavy atom. The Morgan fingerprint density at radius 1 is 1.30 bits per heavy atom. The topological polar surface area (TPSA) is 46.9 Å². The van der Waals surface area contributed by atoms with Crippen LogP contribution in [0.4, 0.5) is 8.78 Å². The van der Waals surface area contributed by atoms with E-state index in [9.17, 15) is 13.6 Å². The fourth-order valence-electron chi connectivity index (χ4n) is 1.98. The van der Waals surface area contributed by atoms with Gasteiger partial charge in [0, 0.05) is 30.4 Å². The first-order valence-corrected chi connectivity index (χ1v) is 6.12. The van der Waals surface area contributed by atoms with Gasteiger partial charge in [0.15, 0.2) is 11.6 Å². The number of benzene rings is 1. The summed E-state index contributed by atoms with van der Waals surface area (Å²) in [5.74, 6) is -2.46. The van der Waals surface area contributed by atoms with Crippen LogP contribution in [0.15, 0.2) is 18.2 Å². The van der Waals surface area contributed by atoms with Crippen molar-refractivity contribution in [2.45, 2.75) is 20.4 Å². The molecule has 0 unspecified atom stereocenters. The third kappa shape index (κ3) is 2.68. The van der Waals surface area contributed by atoms with E-state index in [0.29, 0.717) is 6.54 Å². The molecule has 2 rings (SSSR count). The van der Waals surface area contributed by atoms with Crippen LogP contribution in [0.3, 0.4) is 0 Å². The first-order chi connectivity index (χ1) is 9.40. The number of nitrogens with zero attached hydrogens (tertiary/aromatic N) is 2. The SMILES string of the molecule is Cc1nn(C)c(C)c1CNC(=O)c1ccc(F)c(F)c1. The summed E-state index contributed by atoms with van der Waals surface area (Å²) in [6.07, 6.45) is 0. The number of aryl methyl sites for hydroxylation is 2. The van der Waals surface area contributed by atoms with Crippen LogP contribution in [-0.4, -0.2) is 15.7 Å². The number of hydrogen-bond donors (Lipinski definition) is 1. The Hall–Kier alpha value is -2.24. The van der Waals surface area contributed by atoms with Crippen LogP contribution in [-0.2, 0) is 13.6 Å². The molecule has 1 aromatic carbocycles. The van der Waals surface area contributed by atoms with Crippen LogP contribution in [0.5, 0.6) is 0 Å². The molecule has 4 nitrogen and oxygen atoms in total. The Morgan fingerprint density at radius 3 is 2.55 bits per heavy atom. The van der Waals surface area contributed by atoms with Gasteiger partial charge in [0.1, 0.15) is 0 Å². The highest BCUT2D eigenvalue weighted by molar-refractivity contribution is 5.94.